The van der Waals surface area contributed by atoms with E-state index >= 15 is 0 Å². The second-order valence-electron chi connectivity index (χ2n) is 7.45. The summed E-state index contributed by atoms with van der Waals surface area (Å²) in [6.07, 6.45) is -0.814. The minimum atomic E-state index is -4.38. The largest absolute Gasteiger partial charge is 0.497 e. The van der Waals surface area contributed by atoms with Crippen molar-refractivity contribution in [3.8, 4) is 11.5 Å². The standard InChI is InChI=1S/C21H20F3NO2/c1-19(2)16-12-15(26-4)6-7-17(16)25(3)20(19)10-9-13-11-14(21(22,23)24)5-8-18(13)27-20/h5-12H,1-4H3. The lowest BCUT2D eigenvalue weighted by Gasteiger charge is -2.45. The van der Waals surface area contributed by atoms with E-state index in [2.05, 4.69) is 13.8 Å². The van der Waals surface area contributed by atoms with Gasteiger partial charge in [0.05, 0.1) is 18.1 Å². The first-order valence-electron chi connectivity index (χ1n) is 8.62. The van der Waals surface area contributed by atoms with Crippen LogP contribution < -0.4 is 14.4 Å². The molecule has 0 saturated heterocycles. The van der Waals surface area contributed by atoms with Crippen LogP contribution in [0.4, 0.5) is 18.9 Å². The number of likely N-dealkylation sites (N-methyl/N-ethyl adjacent to an activating group) is 1. The van der Waals surface area contributed by atoms with Crippen LogP contribution in [0.15, 0.2) is 42.5 Å². The Morgan fingerprint density at radius 2 is 1.81 bits per heavy atom. The molecule has 0 amide bonds. The summed E-state index contributed by atoms with van der Waals surface area (Å²) in [6, 6.07) is 9.43. The van der Waals surface area contributed by atoms with Crippen molar-refractivity contribution >= 4 is 11.8 Å². The number of alkyl halides is 3. The normalized spacial score (nSPS) is 22.4. The molecule has 27 heavy (non-hydrogen) atoms. The van der Waals surface area contributed by atoms with Crippen molar-refractivity contribution in [2.24, 2.45) is 0 Å². The van der Waals surface area contributed by atoms with E-state index in [0.29, 0.717) is 11.3 Å². The van der Waals surface area contributed by atoms with Gasteiger partial charge in [-0.15, -0.1) is 0 Å². The molecule has 1 atom stereocenters. The van der Waals surface area contributed by atoms with Gasteiger partial charge >= 0.3 is 6.18 Å². The second kappa shape index (κ2) is 5.44. The van der Waals surface area contributed by atoms with Crippen molar-refractivity contribution in [1.29, 1.82) is 0 Å². The molecule has 2 aromatic carbocycles. The first-order chi connectivity index (χ1) is 12.6. The molecule has 1 spiro atoms. The Labute approximate surface area is 156 Å². The zero-order chi connectivity index (χ0) is 19.6. The van der Waals surface area contributed by atoms with Crippen molar-refractivity contribution in [3.05, 3.63) is 59.2 Å². The monoisotopic (exact) mass is 375 g/mol. The number of hydrogen-bond acceptors (Lipinski definition) is 3. The van der Waals surface area contributed by atoms with Crippen LogP contribution >= 0.6 is 0 Å². The Hall–Kier alpha value is -2.63. The molecule has 3 nitrogen and oxygen atoms in total. The van der Waals surface area contributed by atoms with E-state index in [-0.39, 0.29) is 0 Å². The van der Waals surface area contributed by atoms with Gasteiger partial charge in [-0.05, 0) is 68.0 Å². The highest BCUT2D eigenvalue weighted by molar-refractivity contribution is 5.73. The maximum absolute atomic E-state index is 13.0. The number of ether oxygens (including phenoxy) is 2. The summed E-state index contributed by atoms with van der Waals surface area (Å²) < 4.78 is 50.7. The highest BCUT2D eigenvalue weighted by Crippen LogP contribution is 2.55. The topological polar surface area (TPSA) is 21.7 Å². The van der Waals surface area contributed by atoms with Crippen LogP contribution in [-0.4, -0.2) is 19.9 Å². The SMILES string of the molecule is COc1ccc2c(c1)C(C)(C)C1(C=Cc3cc(C(F)(F)F)ccc3O1)N2C. The predicted molar refractivity (Wildman–Crippen MR) is 98.3 cm³/mol. The summed E-state index contributed by atoms with van der Waals surface area (Å²) in [6.45, 7) is 4.13. The molecule has 0 aromatic heterocycles. The Bertz CT molecular complexity index is 949. The van der Waals surface area contributed by atoms with Gasteiger partial charge in [0.1, 0.15) is 11.5 Å². The van der Waals surface area contributed by atoms with E-state index in [0.717, 1.165) is 29.1 Å². The zero-order valence-electron chi connectivity index (χ0n) is 15.5. The molecular weight excluding hydrogens is 355 g/mol. The van der Waals surface area contributed by atoms with Crippen LogP contribution in [0.2, 0.25) is 0 Å². The average Bonchev–Trinajstić information content (AvgIpc) is 2.79. The maximum Gasteiger partial charge on any atom is 0.416 e. The fraction of sp³-hybridized carbons (Fsp3) is 0.333. The van der Waals surface area contributed by atoms with E-state index in [1.165, 1.54) is 6.07 Å². The van der Waals surface area contributed by atoms with Gasteiger partial charge in [0.15, 0.2) is 0 Å². The summed E-state index contributed by atoms with van der Waals surface area (Å²) in [5.41, 5.74) is 0.507. The van der Waals surface area contributed by atoms with E-state index in [1.807, 2.05) is 36.2 Å². The Morgan fingerprint density at radius 3 is 2.48 bits per heavy atom. The van der Waals surface area contributed by atoms with Crippen LogP contribution in [0.25, 0.3) is 6.08 Å². The fourth-order valence-corrected chi connectivity index (χ4v) is 4.09. The van der Waals surface area contributed by atoms with Crippen molar-refractivity contribution in [2.75, 3.05) is 19.1 Å². The van der Waals surface area contributed by atoms with Gasteiger partial charge in [-0.25, -0.2) is 0 Å². The highest BCUT2D eigenvalue weighted by atomic mass is 19.4. The molecule has 4 rings (SSSR count). The Kier molecular flexibility index (Phi) is 3.58. The van der Waals surface area contributed by atoms with Crippen LogP contribution in [0.1, 0.15) is 30.5 Å². The third-order valence-corrected chi connectivity index (χ3v) is 5.72. The van der Waals surface area contributed by atoms with E-state index in [9.17, 15) is 13.2 Å². The molecule has 2 aliphatic heterocycles. The van der Waals surface area contributed by atoms with Crippen molar-refractivity contribution < 1.29 is 22.6 Å². The van der Waals surface area contributed by atoms with Crippen LogP contribution in [0, 0.1) is 0 Å². The Balaban J connectivity index is 1.81. The van der Waals surface area contributed by atoms with E-state index in [1.54, 1.807) is 13.2 Å². The second-order valence-corrected chi connectivity index (χ2v) is 7.45. The summed E-state index contributed by atoms with van der Waals surface area (Å²) in [7, 11) is 3.55. The van der Waals surface area contributed by atoms with Gasteiger partial charge in [0.25, 0.3) is 0 Å². The number of nitrogens with zero attached hydrogens (tertiary/aromatic N) is 1. The zero-order valence-corrected chi connectivity index (χ0v) is 15.5. The minimum absolute atomic E-state index is 0.424. The molecule has 0 radical (unpaired) electrons. The highest BCUT2D eigenvalue weighted by Gasteiger charge is 2.57. The quantitative estimate of drug-likeness (QED) is 0.680. The minimum Gasteiger partial charge on any atom is -0.497 e. The number of halogens is 3. The molecule has 0 fully saturated rings. The van der Waals surface area contributed by atoms with Crippen molar-refractivity contribution in [1.82, 2.24) is 0 Å². The van der Waals surface area contributed by atoms with Crippen LogP contribution in [0.5, 0.6) is 11.5 Å². The molecule has 1 unspecified atom stereocenters. The lowest BCUT2D eigenvalue weighted by molar-refractivity contribution is -0.137. The van der Waals surface area contributed by atoms with Gasteiger partial charge in [-0.3, -0.25) is 0 Å². The molecule has 2 heterocycles. The van der Waals surface area contributed by atoms with Crippen molar-refractivity contribution in [3.63, 3.8) is 0 Å². The maximum atomic E-state index is 13.0. The molecule has 0 aliphatic carbocycles. The summed E-state index contributed by atoms with van der Waals surface area (Å²) in [4.78, 5) is 2.03. The van der Waals surface area contributed by atoms with Crippen LogP contribution in [0.3, 0.4) is 0 Å². The first-order valence-corrected chi connectivity index (χ1v) is 8.62. The first kappa shape index (κ1) is 17.8. The number of rotatable bonds is 1. The molecule has 6 heteroatoms. The van der Waals surface area contributed by atoms with E-state index in [4.69, 9.17) is 9.47 Å². The summed E-state index contributed by atoms with van der Waals surface area (Å²) in [5.74, 6) is 1.19. The molecule has 2 aliphatic rings. The van der Waals surface area contributed by atoms with Crippen molar-refractivity contribution in [2.45, 2.75) is 31.2 Å². The molecule has 2 aromatic rings. The molecular formula is C21H20F3NO2. The number of fused-ring (bicyclic) bond motifs is 2. The van der Waals surface area contributed by atoms with Gasteiger partial charge < -0.3 is 14.4 Å². The molecule has 142 valence electrons. The van der Waals surface area contributed by atoms with Crippen LogP contribution in [-0.2, 0) is 11.6 Å². The van der Waals surface area contributed by atoms with Gasteiger partial charge in [-0.2, -0.15) is 13.2 Å². The van der Waals surface area contributed by atoms with Gasteiger partial charge in [0.2, 0.25) is 5.72 Å². The molecule has 0 N–H and O–H groups in total. The number of benzene rings is 2. The third-order valence-electron chi connectivity index (χ3n) is 5.72. The van der Waals surface area contributed by atoms with E-state index < -0.39 is 22.9 Å². The Morgan fingerprint density at radius 1 is 1.07 bits per heavy atom. The third kappa shape index (κ3) is 2.35. The predicted octanol–water partition coefficient (Wildman–Crippen LogP) is 5.24. The number of hydrogen-bond donors (Lipinski definition) is 0. The van der Waals surface area contributed by atoms with Gasteiger partial charge in [-0.1, -0.05) is 0 Å². The smallest absolute Gasteiger partial charge is 0.416 e. The lowest BCUT2D eigenvalue weighted by Crippen LogP contribution is -2.58. The summed E-state index contributed by atoms with van der Waals surface area (Å²) >= 11 is 0. The average molecular weight is 375 g/mol. The summed E-state index contributed by atoms with van der Waals surface area (Å²) in [5, 5.41) is 0. The molecule has 0 saturated carbocycles. The molecule has 0 bridgehead atoms. The number of methoxy groups -OCH3 is 1. The number of anilines is 1. The van der Waals surface area contributed by atoms with Gasteiger partial charge in [0, 0.05) is 18.3 Å². The lowest BCUT2D eigenvalue weighted by atomic mass is 9.76. The fourth-order valence-electron chi connectivity index (χ4n) is 4.09.